The van der Waals surface area contributed by atoms with Crippen molar-refractivity contribution in [3.63, 3.8) is 0 Å². The van der Waals surface area contributed by atoms with Crippen LogP contribution < -0.4 is 16.4 Å². The number of primary amides is 1. The van der Waals surface area contributed by atoms with Crippen molar-refractivity contribution in [3.05, 3.63) is 95.6 Å². The number of fused-ring (bicyclic) bond motifs is 4. The minimum atomic E-state index is -1.23. The summed E-state index contributed by atoms with van der Waals surface area (Å²) in [4.78, 5) is 107. The van der Waals surface area contributed by atoms with Crippen LogP contribution in [0.3, 0.4) is 0 Å². The summed E-state index contributed by atoms with van der Waals surface area (Å²) in [5, 5.41) is 5.44. The molecule has 20 heteroatoms. The molecule has 5 atom stereocenters. The van der Waals surface area contributed by atoms with E-state index in [9.17, 15) is 38.4 Å². The lowest BCUT2D eigenvalue weighted by Gasteiger charge is -2.26. The molecule has 4 N–H and O–H groups in total. The lowest BCUT2D eigenvalue weighted by molar-refractivity contribution is -0.188. The number of likely N-dealkylation sites (N-methyl/N-ethyl adjacent to an activating group) is 4. The molecule has 2 aliphatic heterocycles. The van der Waals surface area contributed by atoms with Gasteiger partial charge in [-0.25, -0.2) is 9.59 Å². The van der Waals surface area contributed by atoms with E-state index in [2.05, 4.69) is 10.6 Å². The molecule has 2 heterocycles. The largest absolute Gasteiger partial charge is 0.459 e. The number of amides is 7. The summed E-state index contributed by atoms with van der Waals surface area (Å²) >= 11 is 0. The molecule has 69 heavy (non-hydrogen) atoms. The first-order valence-corrected chi connectivity index (χ1v) is 22.6. The van der Waals surface area contributed by atoms with Crippen LogP contribution in [0.1, 0.15) is 55.7 Å². The molecule has 0 bridgehead atoms. The Hall–Kier alpha value is -6.90. The van der Waals surface area contributed by atoms with Gasteiger partial charge in [0, 0.05) is 47.1 Å². The number of hydrogen-bond acceptors (Lipinski definition) is 13. The number of rotatable bonds is 21. The van der Waals surface area contributed by atoms with Gasteiger partial charge in [0.05, 0.1) is 38.7 Å². The first-order chi connectivity index (χ1) is 32.8. The van der Waals surface area contributed by atoms with E-state index in [0.717, 1.165) is 42.5 Å². The normalized spacial score (nSPS) is 18.9. The maximum absolute atomic E-state index is 13.5. The number of alkyl carbamates (subject to hydrolysis) is 1. The summed E-state index contributed by atoms with van der Waals surface area (Å²) in [7, 11) is 5.58. The molecular formula is C49H61N7O13. The molecule has 6 rings (SSSR count). The molecule has 3 aliphatic rings. The third-order valence-corrected chi connectivity index (χ3v) is 12.1. The minimum absolute atomic E-state index is 0.0174. The van der Waals surface area contributed by atoms with E-state index < -0.39 is 83.8 Å². The maximum atomic E-state index is 13.5. The smallest absolute Gasteiger partial charge is 0.407 e. The Balaban J connectivity index is 0.998. The highest BCUT2D eigenvalue weighted by atomic mass is 16.8. The zero-order valence-electron chi connectivity index (χ0n) is 39.7. The average molecular weight is 956 g/mol. The molecule has 2 fully saturated rings. The Morgan fingerprint density at radius 2 is 1.17 bits per heavy atom. The van der Waals surface area contributed by atoms with Gasteiger partial charge in [0.1, 0.15) is 37.6 Å². The van der Waals surface area contributed by atoms with Crippen LogP contribution in [-0.4, -0.2) is 171 Å². The highest BCUT2D eigenvalue weighted by Crippen LogP contribution is 2.44. The van der Waals surface area contributed by atoms with Crippen LogP contribution >= 0.6 is 0 Å². The van der Waals surface area contributed by atoms with Crippen molar-refractivity contribution in [2.24, 2.45) is 5.73 Å². The van der Waals surface area contributed by atoms with E-state index in [1.165, 1.54) is 33.1 Å². The molecule has 3 aromatic rings. The van der Waals surface area contributed by atoms with E-state index in [-0.39, 0.29) is 71.1 Å². The van der Waals surface area contributed by atoms with Crippen molar-refractivity contribution in [2.75, 3.05) is 67.5 Å². The summed E-state index contributed by atoms with van der Waals surface area (Å²) in [6.07, 6.45) is -4.27. The quantitative estimate of drug-likeness (QED) is 0.129. The van der Waals surface area contributed by atoms with Crippen molar-refractivity contribution in [1.82, 2.24) is 30.2 Å². The van der Waals surface area contributed by atoms with Crippen molar-refractivity contribution >= 4 is 47.5 Å². The number of carbonyl (C=O) groups excluding carboxylic acids is 8. The third kappa shape index (κ3) is 13.6. The molecule has 0 unspecified atom stereocenters. The molecule has 370 valence electrons. The van der Waals surface area contributed by atoms with Crippen molar-refractivity contribution in [3.8, 4) is 11.1 Å². The molecule has 0 radical (unpaired) electrons. The highest BCUT2D eigenvalue weighted by Gasteiger charge is 2.55. The minimum Gasteiger partial charge on any atom is -0.459 e. The fourth-order valence-electron chi connectivity index (χ4n) is 8.42. The molecule has 0 saturated carbocycles. The molecular weight excluding hydrogens is 895 g/mol. The number of hydrogen-bond donors (Lipinski definition) is 3. The Bertz CT molecular complexity index is 2340. The lowest BCUT2D eigenvalue weighted by Crippen LogP contribution is -2.47. The van der Waals surface area contributed by atoms with E-state index in [1.807, 2.05) is 66.7 Å². The van der Waals surface area contributed by atoms with Gasteiger partial charge >= 0.3 is 12.1 Å². The summed E-state index contributed by atoms with van der Waals surface area (Å²) in [5.74, 6) is -5.22. The molecule has 0 spiro atoms. The lowest BCUT2D eigenvalue weighted by atomic mass is 9.98. The van der Waals surface area contributed by atoms with E-state index >= 15 is 0 Å². The van der Waals surface area contributed by atoms with Crippen LogP contribution in [-0.2, 0) is 63.9 Å². The van der Waals surface area contributed by atoms with E-state index in [0.29, 0.717) is 0 Å². The molecule has 3 aromatic carbocycles. The van der Waals surface area contributed by atoms with Crippen molar-refractivity contribution < 1.29 is 62.0 Å². The second kappa shape index (κ2) is 22.9. The van der Waals surface area contributed by atoms with Gasteiger partial charge in [0.25, 0.3) is 0 Å². The maximum Gasteiger partial charge on any atom is 0.407 e. The summed E-state index contributed by atoms with van der Waals surface area (Å²) < 4.78 is 29.8. The van der Waals surface area contributed by atoms with Crippen LogP contribution in [0.4, 0.5) is 4.79 Å². The Kier molecular flexibility index (Phi) is 17.1. The van der Waals surface area contributed by atoms with Gasteiger partial charge in [-0.1, -0.05) is 78.9 Å². The fraction of sp³-hybridized carbons (Fsp3) is 0.469. The number of ether oxygens (including phenoxy) is 5. The first kappa shape index (κ1) is 51.5. The van der Waals surface area contributed by atoms with Crippen molar-refractivity contribution in [2.45, 2.75) is 81.9 Å². The second-order valence-corrected chi connectivity index (χ2v) is 17.9. The summed E-state index contributed by atoms with van der Waals surface area (Å²) in [6, 6.07) is 23.6. The average Bonchev–Trinajstić information content (AvgIpc) is 3.93. The summed E-state index contributed by atoms with van der Waals surface area (Å²) in [5.41, 5.74) is 10.0. The van der Waals surface area contributed by atoms with Gasteiger partial charge in [-0.15, -0.1) is 0 Å². The van der Waals surface area contributed by atoms with Gasteiger partial charge in [-0.3, -0.25) is 28.8 Å². The number of nitrogens with zero attached hydrogens (tertiary/aromatic N) is 4. The first-order valence-electron chi connectivity index (χ1n) is 22.6. The molecule has 0 aromatic heterocycles. The van der Waals surface area contributed by atoms with Crippen LogP contribution in [0.15, 0.2) is 78.9 Å². The topological polar surface area (TPSA) is 246 Å². The van der Waals surface area contributed by atoms with Crippen molar-refractivity contribution in [1.29, 1.82) is 0 Å². The molecule has 2 saturated heterocycles. The summed E-state index contributed by atoms with van der Waals surface area (Å²) in [6.45, 7) is 1.97. The van der Waals surface area contributed by atoms with Crippen LogP contribution in [0.25, 0.3) is 11.1 Å². The van der Waals surface area contributed by atoms with Crippen LogP contribution in [0, 0.1) is 0 Å². The SMILES string of the molecule is CN(CC(N)=O)C(=O)CN(C)C(=O)CN(C)C(=O)CN(C)C(=O)C[C@@H]1O[C@H](CNC(=O)CC[C@H](NC(=O)OCC2c3ccccc3-c3ccccc32)C(=O)OCc2ccccc2)[C@H]2OC(C)(C)O[C@H]21. The highest BCUT2D eigenvalue weighted by molar-refractivity contribution is 5.91. The Labute approximate surface area is 400 Å². The van der Waals surface area contributed by atoms with Gasteiger partial charge in [-0.05, 0) is 48.1 Å². The Morgan fingerprint density at radius 1 is 0.667 bits per heavy atom. The van der Waals surface area contributed by atoms with Gasteiger partial charge in [0.2, 0.25) is 35.4 Å². The standard InChI is InChI=1S/C49H61N7O13/c1-49(2)68-45-37(22-41(59)54(4)25-43(61)56(6)27-44(62)55(5)26-42(60)53(3)24-39(50)57)67-38(46(45)69-49)23-51-40(58)21-20-36(47(63)65-28-30-14-8-7-9-15-30)52-48(64)66-29-35-33-18-12-10-16-31(33)32-17-11-13-19-34(32)35/h7-19,35-38,45-46H,20-29H2,1-6H3,(H2,50,57)(H,51,58)(H,52,64)/t36-,37-,38+,45-,46+/m0/s1. The van der Waals surface area contributed by atoms with Gasteiger partial charge in [-0.2, -0.15) is 0 Å². The third-order valence-electron chi connectivity index (χ3n) is 12.1. The predicted octanol–water partition coefficient (Wildman–Crippen LogP) is 1.53. The number of benzene rings is 3. The van der Waals surface area contributed by atoms with E-state index in [1.54, 1.807) is 26.0 Å². The van der Waals surface area contributed by atoms with E-state index in [4.69, 9.17) is 29.4 Å². The van der Waals surface area contributed by atoms with Crippen LogP contribution in [0.2, 0.25) is 0 Å². The van der Waals surface area contributed by atoms with Gasteiger partial charge in [0.15, 0.2) is 5.79 Å². The number of nitrogens with one attached hydrogen (secondary N) is 2. The molecule has 1 aliphatic carbocycles. The number of esters is 1. The predicted molar refractivity (Wildman–Crippen MR) is 247 cm³/mol. The number of nitrogens with two attached hydrogens (primary N) is 1. The number of carbonyl (C=O) groups is 8. The molecule has 20 nitrogen and oxygen atoms in total. The van der Waals surface area contributed by atoms with Gasteiger partial charge < -0.3 is 59.7 Å². The fourth-order valence-corrected chi connectivity index (χ4v) is 8.42. The zero-order valence-corrected chi connectivity index (χ0v) is 39.7. The molecule has 7 amide bonds. The zero-order chi connectivity index (χ0) is 50.0. The monoisotopic (exact) mass is 955 g/mol. The Morgan fingerprint density at radius 3 is 1.74 bits per heavy atom. The van der Waals surface area contributed by atoms with Crippen LogP contribution in [0.5, 0.6) is 0 Å². The second-order valence-electron chi connectivity index (χ2n) is 17.9.